The molecule has 0 spiro atoms. The number of amides is 1. The Morgan fingerprint density at radius 2 is 1.83 bits per heavy atom. The standard InChI is InChI=1S/C20H23ClN2O5S/c1-5-28-20(25)16-9-8-15(11-17(16)21)22-19(24)12-23(29(4,26)27)18-10-13(2)6-7-14(18)3/h6-11H,5,12H2,1-4H3,(H,22,24). The average Bonchev–Trinajstić information content (AvgIpc) is 2.61. The van der Waals surface area contributed by atoms with Gasteiger partial charge < -0.3 is 10.1 Å². The second kappa shape index (κ2) is 9.28. The third-order valence-electron chi connectivity index (χ3n) is 4.07. The predicted octanol–water partition coefficient (Wildman–Crippen LogP) is 3.54. The molecule has 7 nitrogen and oxygen atoms in total. The normalized spacial score (nSPS) is 11.1. The van der Waals surface area contributed by atoms with Gasteiger partial charge in [-0.15, -0.1) is 0 Å². The van der Waals surface area contributed by atoms with Crippen molar-refractivity contribution in [3.63, 3.8) is 0 Å². The Balaban J connectivity index is 2.22. The number of benzene rings is 2. The second-order valence-electron chi connectivity index (χ2n) is 6.52. The van der Waals surface area contributed by atoms with Crippen LogP contribution in [0, 0.1) is 13.8 Å². The first kappa shape index (κ1) is 22.7. The molecule has 1 N–H and O–H groups in total. The summed E-state index contributed by atoms with van der Waals surface area (Å²) in [4.78, 5) is 24.3. The molecule has 2 aromatic carbocycles. The van der Waals surface area contributed by atoms with Crippen LogP contribution in [0.2, 0.25) is 5.02 Å². The van der Waals surface area contributed by atoms with Gasteiger partial charge in [0.05, 0.1) is 29.1 Å². The Morgan fingerprint density at radius 3 is 2.41 bits per heavy atom. The molecule has 0 fully saturated rings. The number of sulfonamides is 1. The number of halogens is 1. The fourth-order valence-electron chi connectivity index (χ4n) is 2.67. The van der Waals surface area contributed by atoms with E-state index in [1.807, 2.05) is 13.0 Å². The monoisotopic (exact) mass is 438 g/mol. The van der Waals surface area contributed by atoms with Gasteiger partial charge in [-0.2, -0.15) is 0 Å². The Hall–Kier alpha value is -2.58. The largest absolute Gasteiger partial charge is 0.462 e. The van der Waals surface area contributed by atoms with E-state index in [-0.39, 0.29) is 17.2 Å². The van der Waals surface area contributed by atoms with Crippen molar-refractivity contribution in [2.45, 2.75) is 20.8 Å². The molecule has 0 bridgehead atoms. The van der Waals surface area contributed by atoms with Crippen molar-refractivity contribution in [3.8, 4) is 0 Å². The zero-order valence-electron chi connectivity index (χ0n) is 16.7. The van der Waals surface area contributed by atoms with Crippen molar-refractivity contribution >= 4 is 44.9 Å². The van der Waals surface area contributed by atoms with E-state index in [1.165, 1.54) is 18.2 Å². The van der Waals surface area contributed by atoms with Crippen LogP contribution in [0.3, 0.4) is 0 Å². The van der Waals surface area contributed by atoms with E-state index >= 15 is 0 Å². The van der Waals surface area contributed by atoms with Gasteiger partial charge in [-0.3, -0.25) is 9.10 Å². The van der Waals surface area contributed by atoms with Crippen molar-refractivity contribution in [3.05, 3.63) is 58.1 Å². The van der Waals surface area contributed by atoms with Crippen LogP contribution in [-0.2, 0) is 19.6 Å². The van der Waals surface area contributed by atoms with Crippen molar-refractivity contribution in [1.82, 2.24) is 0 Å². The van der Waals surface area contributed by atoms with Gasteiger partial charge >= 0.3 is 5.97 Å². The number of carbonyl (C=O) groups excluding carboxylic acids is 2. The average molecular weight is 439 g/mol. The number of hydrogen-bond acceptors (Lipinski definition) is 5. The van der Waals surface area contributed by atoms with Gasteiger partial charge in [-0.25, -0.2) is 13.2 Å². The Morgan fingerprint density at radius 1 is 1.14 bits per heavy atom. The van der Waals surface area contributed by atoms with Crippen LogP contribution in [0.4, 0.5) is 11.4 Å². The number of ether oxygens (including phenoxy) is 1. The molecule has 2 aromatic rings. The predicted molar refractivity (Wildman–Crippen MR) is 114 cm³/mol. The van der Waals surface area contributed by atoms with E-state index in [1.54, 1.807) is 26.0 Å². The Kier molecular flexibility index (Phi) is 7.26. The van der Waals surface area contributed by atoms with Crippen molar-refractivity contribution in [2.24, 2.45) is 0 Å². The fraction of sp³-hybridized carbons (Fsp3) is 0.300. The lowest BCUT2D eigenvalue weighted by atomic mass is 10.1. The second-order valence-corrected chi connectivity index (χ2v) is 8.84. The van der Waals surface area contributed by atoms with Gasteiger partial charge in [0.2, 0.25) is 15.9 Å². The maximum atomic E-state index is 12.5. The zero-order chi connectivity index (χ0) is 21.8. The SMILES string of the molecule is CCOC(=O)c1ccc(NC(=O)CN(c2cc(C)ccc2C)S(C)(=O)=O)cc1Cl. The quantitative estimate of drug-likeness (QED) is 0.667. The first-order valence-corrected chi connectivity index (χ1v) is 11.1. The molecular formula is C20H23ClN2O5S. The van der Waals surface area contributed by atoms with E-state index in [9.17, 15) is 18.0 Å². The highest BCUT2D eigenvalue weighted by Gasteiger charge is 2.23. The highest BCUT2D eigenvalue weighted by Crippen LogP contribution is 2.25. The molecule has 0 atom stereocenters. The number of hydrogen-bond donors (Lipinski definition) is 1. The molecule has 0 aliphatic heterocycles. The first-order valence-electron chi connectivity index (χ1n) is 8.84. The minimum atomic E-state index is -3.69. The minimum absolute atomic E-state index is 0.121. The third-order valence-corrected chi connectivity index (χ3v) is 5.51. The van der Waals surface area contributed by atoms with Gasteiger partial charge in [-0.05, 0) is 56.2 Å². The summed E-state index contributed by atoms with van der Waals surface area (Å²) in [5, 5.41) is 2.73. The van der Waals surface area contributed by atoms with Crippen molar-refractivity contribution in [1.29, 1.82) is 0 Å². The van der Waals surface area contributed by atoms with Crippen LogP contribution < -0.4 is 9.62 Å². The molecule has 0 aromatic heterocycles. The number of nitrogens with one attached hydrogen (secondary N) is 1. The number of rotatable bonds is 7. The van der Waals surface area contributed by atoms with Crippen LogP contribution in [-0.4, -0.2) is 39.7 Å². The van der Waals surface area contributed by atoms with E-state index in [2.05, 4.69) is 5.32 Å². The molecule has 0 aliphatic rings. The molecule has 0 unspecified atom stereocenters. The van der Waals surface area contributed by atoms with Crippen LogP contribution >= 0.6 is 11.6 Å². The van der Waals surface area contributed by atoms with E-state index < -0.39 is 28.4 Å². The fourth-order valence-corrected chi connectivity index (χ4v) is 3.83. The van der Waals surface area contributed by atoms with E-state index in [0.717, 1.165) is 21.7 Å². The van der Waals surface area contributed by atoms with Gasteiger partial charge in [0.1, 0.15) is 6.54 Å². The summed E-state index contributed by atoms with van der Waals surface area (Å²) in [5.41, 5.74) is 2.57. The number of aryl methyl sites for hydroxylation is 2. The maximum absolute atomic E-state index is 12.5. The number of anilines is 2. The number of nitrogens with zero attached hydrogens (tertiary/aromatic N) is 1. The lowest BCUT2D eigenvalue weighted by Gasteiger charge is -2.24. The summed E-state index contributed by atoms with van der Waals surface area (Å²) >= 11 is 6.10. The van der Waals surface area contributed by atoms with E-state index in [4.69, 9.17) is 16.3 Å². The molecule has 29 heavy (non-hydrogen) atoms. The summed E-state index contributed by atoms with van der Waals surface area (Å²) in [5.74, 6) is -1.11. The molecule has 1 amide bonds. The molecule has 2 rings (SSSR count). The summed E-state index contributed by atoms with van der Waals surface area (Å²) in [6, 6.07) is 9.73. The molecule has 0 aliphatic carbocycles. The molecule has 0 radical (unpaired) electrons. The van der Waals surface area contributed by atoms with E-state index in [0.29, 0.717) is 11.4 Å². The number of carbonyl (C=O) groups is 2. The molecule has 156 valence electrons. The summed E-state index contributed by atoms with van der Waals surface area (Å²) in [7, 11) is -3.69. The Labute approximate surface area is 175 Å². The van der Waals surface area contributed by atoms with Gasteiger partial charge in [0.25, 0.3) is 0 Å². The lowest BCUT2D eigenvalue weighted by Crippen LogP contribution is -2.37. The molecule has 0 saturated carbocycles. The summed E-state index contributed by atoms with van der Waals surface area (Å²) < 4.78 is 30.5. The summed E-state index contributed by atoms with van der Waals surface area (Å²) in [6.45, 7) is 5.12. The minimum Gasteiger partial charge on any atom is -0.462 e. The third kappa shape index (κ3) is 5.95. The van der Waals surface area contributed by atoms with Crippen molar-refractivity contribution < 1.29 is 22.7 Å². The highest BCUT2D eigenvalue weighted by atomic mass is 35.5. The highest BCUT2D eigenvalue weighted by molar-refractivity contribution is 7.92. The summed E-state index contributed by atoms with van der Waals surface area (Å²) in [6.07, 6.45) is 1.05. The molecule has 0 saturated heterocycles. The topological polar surface area (TPSA) is 92.8 Å². The lowest BCUT2D eigenvalue weighted by molar-refractivity contribution is -0.114. The van der Waals surface area contributed by atoms with Gasteiger partial charge in [0.15, 0.2) is 0 Å². The van der Waals surface area contributed by atoms with Crippen LogP contribution in [0.5, 0.6) is 0 Å². The first-order chi connectivity index (χ1) is 13.5. The smallest absolute Gasteiger partial charge is 0.339 e. The van der Waals surface area contributed by atoms with Gasteiger partial charge in [0, 0.05) is 5.69 Å². The molecular weight excluding hydrogens is 416 g/mol. The van der Waals surface area contributed by atoms with Gasteiger partial charge in [-0.1, -0.05) is 23.7 Å². The Bertz CT molecular complexity index is 1040. The van der Waals surface area contributed by atoms with Crippen LogP contribution in [0.25, 0.3) is 0 Å². The van der Waals surface area contributed by atoms with Crippen LogP contribution in [0.15, 0.2) is 36.4 Å². The van der Waals surface area contributed by atoms with Crippen molar-refractivity contribution in [2.75, 3.05) is 29.0 Å². The maximum Gasteiger partial charge on any atom is 0.339 e. The number of esters is 1. The molecule has 9 heteroatoms. The zero-order valence-corrected chi connectivity index (χ0v) is 18.2. The van der Waals surface area contributed by atoms with Crippen LogP contribution in [0.1, 0.15) is 28.4 Å². The molecule has 0 heterocycles.